The Morgan fingerprint density at radius 2 is 1.77 bits per heavy atom. The van der Waals surface area contributed by atoms with Crippen LogP contribution in [0.15, 0.2) is 42.5 Å². The number of nitrogens with one attached hydrogen (secondary N) is 2. The number of benzene rings is 2. The zero-order chi connectivity index (χ0) is 15.8. The molecule has 2 aromatic rings. The minimum absolute atomic E-state index is 0.762. The minimum Gasteiger partial charge on any atom is -0.494 e. The highest BCUT2D eigenvalue weighted by Gasteiger charge is 1.99. The lowest BCUT2D eigenvalue weighted by Crippen LogP contribution is -2.14. The molecule has 0 bridgehead atoms. The third-order valence-electron chi connectivity index (χ3n) is 3.46. The second-order valence-electron chi connectivity index (χ2n) is 5.55. The van der Waals surface area contributed by atoms with Crippen molar-refractivity contribution in [3.63, 3.8) is 0 Å². The van der Waals surface area contributed by atoms with E-state index in [0.717, 1.165) is 37.6 Å². The Morgan fingerprint density at radius 1 is 0.955 bits per heavy atom. The lowest BCUT2D eigenvalue weighted by Gasteiger charge is -2.12. The van der Waals surface area contributed by atoms with E-state index in [0.29, 0.717) is 0 Å². The van der Waals surface area contributed by atoms with Crippen LogP contribution in [0.4, 0.5) is 11.4 Å². The van der Waals surface area contributed by atoms with Gasteiger partial charge in [-0.05, 0) is 44.0 Å². The topological polar surface area (TPSA) is 33.3 Å². The van der Waals surface area contributed by atoms with Crippen LogP contribution >= 0.6 is 0 Å². The lowest BCUT2D eigenvalue weighted by atomic mass is 10.1. The van der Waals surface area contributed by atoms with Crippen molar-refractivity contribution in [2.75, 3.05) is 30.3 Å². The van der Waals surface area contributed by atoms with Gasteiger partial charge >= 0.3 is 0 Å². The number of hydrogen-bond donors (Lipinski definition) is 2. The predicted molar refractivity (Wildman–Crippen MR) is 95.1 cm³/mol. The Balaban J connectivity index is 1.78. The molecule has 2 aromatic carbocycles. The normalized spacial score (nSPS) is 10.3. The van der Waals surface area contributed by atoms with Gasteiger partial charge in [-0.3, -0.25) is 0 Å². The quantitative estimate of drug-likeness (QED) is 0.698. The first-order chi connectivity index (χ1) is 10.7. The molecular weight excluding hydrogens is 272 g/mol. The average molecular weight is 298 g/mol. The van der Waals surface area contributed by atoms with Crippen molar-refractivity contribution < 1.29 is 4.74 Å². The SMILES string of the molecule is CCCOc1cccc(NCCNc2ccc(C)cc2C)c1. The van der Waals surface area contributed by atoms with Gasteiger partial charge in [-0.1, -0.05) is 30.7 Å². The Bertz CT molecular complexity index is 596. The average Bonchev–Trinajstić information content (AvgIpc) is 2.51. The molecule has 2 N–H and O–H groups in total. The maximum Gasteiger partial charge on any atom is 0.121 e. The molecule has 0 heterocycles. The van der Waals surface area contributed by atoms with E-state index in [2.05, 4.69) is 55.7 Å². The summed E-state index contributed by atoms with van der Waals surface area (Å²) >= 11 is 0. The molecular formula is C19H26N2O. The van der Waals surface area contributed by atoms with Crippen molar-refractivity contribution in [1.29, 1.82) is 0 Å². The van der Waals surface area contributed by atoms with Crippen LogP contribution in [0.5, 0.6) is 5.75 Å². The predicted octanol–water partition coefficient (Wildman–Crippen LogP) is 4.62. The van der Waals surface area contributed by atoms with Gasteiger partial charge in [-0.25, -0.2) is 0 Å². The van der Waals surface area contributed by atoms with E-state index >= 15 is 0 Å². The largest absolute Gasteiger partial charge is 0.494 e. The molecule has 0 unspecified atom stereocenters. The van der Waals surface area contributed by atoms with E-state index in [9.17, 15) is 0 Å². The van der Waals surface area contributed by atoms with E-state index in [1.165, 1.54) is 16.8 Å². The molecule has 0 saturated heterocycles. The van der Waals surface area contributed by atoms with Crippen molar-refractivity contribution in [2.45, 2.75) is 27.2 Å². The van der Waals surface area contributed by atoms with E-state index in [-0.39, 0.29) is 0 Å². The third kappa shape index (κ3) is 4.99. The number of aryl methyl sites for hydroxylation is 2. The summed E-state index contributed by atoms with van der Waals surface area (Å²) in [6.07, 6.45) is 1.03. The highest BCUT2D eigenvalue weighted by Crippen LogP contribution is 2.18. The van der Waals surface area contributed by atoms with E-state index in [1.807, 2.05) is 18.2 Å². The van der Waals surface area contributed by atoms with Crippen molar-refractivity contribution in [3.05, 3.63) is 53.6 Å². The first kappa shape index (κ1) is 16.2. The van der Waals surface area contributed by atoms with E-state index < -0.39 is 0 Å². The van der Waals surface area contributed by atoms with Crippen LogP contribution in [0.1, 0.15) is 24.5 Å². The Morgan fingerprint density at radius 3 is 2.55 bits per heavy atom. The van der Waals surface area contributed by atoms with Gasteiger partial charge in [0.1, 0.15) is 5.75 Å². The summed E-state index contributed by atoms with van der Waals surface area (Å²) in [6.45, 7) is 8.87. The van der Waals surface area contributed by atoms with Crippen LogP contribution in [0.2, 0.25) is 0 Å². The number of rotatable bonds is 8. The van der Waals surface area contributed by atoms with Crippen LogP contribution in [0.25, 0.3) is 0 Å². The first-order valence-corrected chi connectivity index (χ1v) is 7.97. The fourth-order valence-electron chi connectivity index (χ4n) is 2.33. The first-order valence-electron chi connectivity index (χ1n) is 7.97. The molecule has 3 nitrogen and oxygen atoms in total. The Kier molecular flexibility index (Phi) is 6.13. The molecule has 118 valence electrons. The van der Waals surface area contributed by atoms with Gasteiger partial charge in [-0.15, -0.1) is 0 Å². The molecule has 3 heteroatoms. The lowest BCUT2D eigenvalue weighted by molar-refractivity contribution is 0.317. The van der Waals surface area contributed by atoms with Gasteiger partial charge in [0.25, 0.3) is 0 Å². The van der Waals surface area contributed by atoms with Crippen LogP contribution in [0, 0.1) is 13.8 Å². The highest BCUT2D eigenvalue weighted by atomic mass is 16.5. The highest BCUT2D eigenvalue weighted by molar-refractivity contribution is 5.52. The van der Waals surface area contributed by atoms with Crippen LogP contribution in [0.3, 0.4) is 0 Å². The third-order valence-corrected chi connectivity index (χ3v) is 3.46. The van der Waals surface area contributed by atoms with Gasteiger partial charge < -0.3 is 15.4 Å². The van der Waals surface area contributed by atoms with Gasteiger partial charge in [0, 0.05) is 30.5 Å². The molecule has 0 aliphatic heterocycles. The molecule has 0 radical (unpaired) electrons. The van der Waals surface area contributed by atoms with Gasteiger partial charge in [0.2, 0.25) is 0 Å². The van der Waals surface area contributed by atoms with E-state index in [4.69, 9.17) is 4.74 Å². The molecule has 0 fully saturated rings. The Hall–Kier alpha value is -2.16. The fraction of sp³-hybridized carbons (Fsp3) is 0.368. The maximum absolute atomic E-state index is 5.64. The summed E-state index contributed by atoms with van der Waals surface area (Å²) in [5.74, 6) is 0.925. The second kappa shape index (κ2) is 8.32. The smallest absolute Gasteiger partial charge is 0.121 e. The zero-order valence-corrected chi connectivity index (χ0v) is 13.8. The molecule has 2 rings (SSSR count). The molecule has 0 aromatic heterocycles. The van der Waals surface area contributed by atoms with E-state index in [1.54, 1.807) is 0 Å². The van der Waals surface area contributed by atoms with Gasteiger partial charge in [0.15, 0.2) is 0 Å². The van der Waals surface area contributed by atoms with Crippen LogP contribution in [-0.4, -0.2) is 19.7 Å². The Labute approximate surface area is 133 Å². The molecule has 0 amide bonds. The molecule has 0 saturated carbocycles. The molecule has 22 heavy (non-hydrogen) atoms. The van der Waals surface area contributed by atoms with Crippen molar-refractivity contribution in [2.24, 2.45) is 0 Å². The summed E-state index contributed by atoms with van der Waals surface area (Å²) in [4.78, 5) is 0. The fourth-order valence-corrected chi connectivity index (χ4v) is 2.33. The minimum atomic E-state index is 0.762. The number of hydrogen-bond acceptors (Lipinski definition) is 3. The second-order valence-corrected chi connectivity index (χ2v) is 5.55. The van der Waals surface area contributed by atoms with Crippen LogP contribution in [-0.2, 0) is 0 Å². The van der Waals surface area contributed by atoms with Crippen molar-refractivity contribution in [1.82, 2.24) is 0 Å². The monoisotopic (exact) mass is 298 g/mol. The number of anilines is 2. The zero-order valence-electron chi connectivity index (χ0n) is 13.8. The van der Waals surface area contributed by atoms with Crippen molar-refractivity contribution >= 4 is 11.4 Å². The molecule has 0 atom stereocenters. The molecule has 0 spiro atoms. The maximum atomic E-state index is 5.64. The summed E-state index contributed by atoms with van der Waals surface area (Å²) in [5.41, 5.74) is 4.88. The van der Waals surface area contributed by atoms with Crippen molar-refractivity contribution in [3.8, 4) is 5.75 Å². The molecule has 0 aliphatic carbocycles. The number of ether oxygens (including phenoxy) is 1. The summed E-state index contributed by atoms with van der Waals surface area (Å²) in [5, 5.41) is 6.89. The van der Waals surface area contributed by atoms with Gasteiger partial charge in [0.05, 0.1) is 6.61 Å². The molecule has 0 aliphatic rings. The standard InChI is InChI=1S/C19H26N2O/c1-4-12-22-18-7-5-6-17(14-18)20-10-11-21-19-9-8-15(2)13-16(19)3/h5-9,13-14,20-21H,4,10-12H2,1-3H3. The van der Waals surface area contributed by atoms with Crippen LogP contribution < -0.4 is 15.4 Å². The van der Waals surface area contributed by atoms with Gasteiger partial charge in [-0.2, -0.15) is 0 Å². The summed E-state index contributed by atoms with van der Waals surface area (Å²) in [6, 6.07) is 14.6. The summed E-state index contributed by atoms with van der Waals surface area (Å²) in [7, 11) is 0. The summed E-state index contributed by atoms with van der Waals surface area (Å²) < 4.78 is 5.64.